The van der Waals surface area contributed by atoms with Crippen LogP contribution in [0, 0.1) is 13.8 Å². The highest BCUT2D eigenvalue weighted by Crippen LogP contribution is 2.50. The number of methoxy groups -OCH3 is 1. The standard InChI is InChI=1S/C21H25NO4/c1-5-25-20-15-11-21(9-8-16(15)24-4)18(26-20)17(19(23)22-21)14-10-12(2)6-7-13(14)3/h6-7,10,16H,5,8-9,11H2,1-4H3,(H,22,23). The molecular formula is C21H25NO4. The minimum atomic E-state index is -0.479. The third-order valence-electron chi connectivity index (χ3n) is 5.64. The lowest BCUT2D eigenvalue weighted by atomic mass is 9.75. The molecule has 0 aromatic heterocycles. The molecule has 1 aromatic carbocycles. The van der Waals surface area contributed by atoms with E-state index in [9.17, 15) is 4.79 Å². The Labute approximate surface area is 154 Å². The molecule has 1 aromatic rings. The minimum Gasteiger partial charge on any atom is -0.465 e. The van der Waals surface area contributed by atoms with Crippen molar-refractivity contribution in [1.82, 2.24) is 5.32 Å². The zero-order chi connectivity index (χ0) is 18.5. The van der Waals surface area contributed by atoms with E-state index in [0.717, 1.165) is 35.1 Å². The number of hydrogen-bond donors (Lipinski definition) is 1. The zero-order valence-electron chi connectivity index (χ0n) is 15.8. The van der Waals surface area contributed by atoms with Crippen LogP contribution in [0.2, 0.25) is 0 Å². The van der Waals surface area contributed by atoms with Crippen molar-refractivity contribution in [3.63, 3.8) is 0 Å². The normalized spacial score (nSPS) is 27.2. The molecule has 1 saturated carbocycles. The monoisotopic (exact) mass is 355 g/mol. The topological polar surface area (TPSA) is 56.8 Å². The number of fused-ring (bicyclic) bond motifs is 1. The average molecular weight is 355 g/mol. The molecule has 0 saturated heterocycles. The minimum absolute atomic E-state index is 0.0228. The lowest BCUT2D eigenvalue weighted by Gasteiger charge is -2.43. The number of nitrogens with one attached hydrogen (secondary N) is 1. The van der Waals surface area contributed by atoms with E-state index in [-0.39, 0.29) is 12.0 Å². The summed E-state index contributed by atoms with van der Waals surface area (Å²) in [7, 11) is 1.71. The molecule has 26 heavy (non-hydrogen) atoms. The molecule has 4 rings (SSSR count). The molecule has 0 radical (unpaired) electrons. The third kappa shape index (κ3) is 2.45. The molecule has 2 bridgehead atoms. The Balaban J connectivity index is 1.89. The summed E-state index contributed by atoms with van der Waals surface area (Å²) in [4.78, 5) is 13.0. The Kier molecular flexibility index (Phi) is 4.07. The first-order valence-corrected chi connectivity index (χ1v) is 9.20. The van der Waals surface area contributed by atoms with Crippen molar-refractivity contribution in [3.05, 3.63) is 52.2 Å². The van der Waals surface area contributed by atoms with Gasteiger partial charge in [0.2, 0.25) is 0 Å². The van der Waals surface area contributed by atoms with E-state index >= 15 is 0 Å². The summed E-state index contributed by atoms with van der Waals surface area (Å²) in [6.45, 7) is 6.50. The fourth-order valence-corrected chi connectivity index (χ4v) is 4.33. The van der Waals surface area contributed by atoms with Crippen molar-refractivity contribution in [2.45, 2.75) is 51.7 Å². The highest BCUT2D eigenvalue weighted by molar-refractivity contribution is 6.23. The number of ether oxygens (including phenoxy) is 3. The Morgan fingerprint density at radius 2 is 2.15 bits per heavy atom. The number of carbonyl (C=O) groups is 1. The third-order valence-corrected chi connectivity index (χ3v) is 5.64. The van der Waals surface area contributed by atoms with Gasteiger partial charge >= 0.3 is 0 Å². The second kappa shape index (κ2) is 6.16. The van der Waals surface area contributed by atoms with Crippen molar-refractivity contribution in [3.8, 4) is 0 Å². The van der Waals surface area contributed by atoms with Crippen molar-refractivity contribution in [1.29, 1.82) is 0 Å². The van der Waals surface area contributed by atoms with Crippen LogP contribution >= 0.6 is 0 Å². The van der Waals surface area contributed by atoms with Gasteiger partial charge in [-0.15, -0.1) is 0 Å². The Morgan fingerprint density at radius 1 is 1.35 bits per heavy atom. The zero-order valence-corrected chi connectivity index (χ0v) is 15.8. The molecule has 1 N–H and O–H groups in total. The van der Waals surface area contributed by atoms with Crippen molar-refractivity contribution in [2.24, 2.45) is 0 Å². The van der Waals surface area contributed by atoms with Gasteiger partial charge in [0.15, 0.2) is 0 Å². The van der Waals surface area contributed by atoms with Crippen LogP contribution in [-0.2, 0) is 19.0 Å². The number of carbonyl (C=O) groups excluding carboxylic acids is 1. The molecule has 2 unspecified atom stereocenters. The van der Waals surface area contributed by atoms with Gasteiger partial charge in [-0.2, -0.15) is 0 Å². The van der Waals surface area contributed by atoms with Crippen molar-refractivity contribution < 1.29 is 19.0 Å². The Hall–Kier alpha value is -2.27. The lowest BCUT2D eigenvalue weighted by molar-refractivity contribution is -0.116. The summed E-state index contributed by atoms with van der Waals surface area (Å²) >= 11 is 0. The number of benzene rings is 1. The van der Waals surface area contributed by atoms with Gasteiger partial charge < -0.3 is 19.5 Å². The van der Waals surface area contributed by atoms with Crippen LogP contribution in [0.5, 0.6) is 0 Å². The van der Waals surface area contributed by atoms with E-state index in [2.05, 4.69) is 17.4 Å². The van der Waals surface area contributed by atoms with E-state index in [1.807, 2.05) is 26.8 Å². The molecule has 5 heteroatoms. The van der Waals surface area contributed by atoms with Gasteiger partial charge in [-0.05, 0) is 44.7 Å². The van der Waals surface area contributed by atoms with Gasteiger partial charge in [-0.25, -0.2) is 0 Å². The van der Waals surface area contributed by atoms with Crippen molar-refractivity contribution in [2.75, 3.05) is 13.7 Å². The lowest BCUT2D eigenvalue weighted by Crippen LogP contribution is -2.52. The first kappa shape index (κ1) is 17.2. The second-order valence-electron chi connectivity index (χ2n) is 7.35. The van der Waals surface area contributed by atoms with Crippen LogP contribution in [0.15, 0.2) is 35.5 Å². The highest BCUT2D eigenvalue weighted by atomic mass is 16.7. The van der Waals surface area contributed by atoms with Crippen LogP contribution in [0.3, 0.4) is 0 Å². The van der Waals surface area contributed by atoms with Gasteiger partial charge in [-0.1, -0.05) is 23.8 Å². The fraction of sp³-hybridized carbons (Fsp3) is 0.476. The summed E-state index contributed by atoms with van der Waals surface area (Å²) in [6.07, 6.45) is 2.28. The van der Waals surface area contributed by atoms with Gasteiger partial charge in [0.1, 0.15) is 11.3 Å². The summed E-state index contributed by atoms with van der Waals surface area (Å²) in [5.74, 6) is 1.14. The largest absolute Gasteiger partial charge is 0.465 e. The number of amides is 1. The van der Waals surface area contributed by atoms with Gasteiger partial charge in [0.05, 0.1) is 18.3 Å². The van der Waals surface area contributed by atoms with Crippen LogP contribution in [-0.4, -0.2) is 31.3 Å². The maximum absolute atomic E-state index is 13.0. The molecular weight excluding hydrogens is 330 g/mol. The Bertz CT molecular complexity index is 838. The Morgan fingerprint density at radius 3 is 2.88 bits per heavy atom. The molecule has 1 amide bonds. The van der Waals surface area contributed by atoms with E-state index in [0.29, 0.717) is 30.3 Å². The predicted molar refractivity (Wildman–Crippen MR) is 98.1 cm³/mol. The molecule has 2 aliphatic heterocycles. The van der Waals surface area contributed by atoms with E-state index in [4.69, 9.17) is 14.2 Å². The first-order chi connectivity index (χ1) is 12.5. The average Bonchev–Trinajstić information content (AvgIpc) is 2.88. The van der Waals surface area contributed by atoms with Gasteiger partial charge in [-0.3, -0.25) is 4.79 Å². The first-order valence-electron chi connectivity index (χ1n) is 9.20. The summed E-state index contributed by atoms with van der Waals surface area (Å²) in [5.41, 5.74) is 4.28. The maximum Gasteiger partial charge on any atom is 0.286 e. The highest BCUT2D eigenvalue weighted by Gasteiger charge is 2.55. The van der Waals surface area contributed by atoms with Crippen LogP contribution in [0.1, 0.15) is 42.9 Å². The smallest absolute Gasteiger partial charge is 0.286 e. The van der Waals surface area contributed by atoms with Crippen molar-refractivity contribution >= 4 is 11.5 Å². The maximum atomic E-state index is 13.0. The molecule has 1 spiro atoms. The van der Waals surface area contributed by atoms with E-state index in [1.165, 1.54) is 0 Å². The van der Waals surface area contributed by atoms with Crippen LogP contribution in [0.4, 0.5) is 0 Å². The second-order valence-corrected chi connectivity index (χ2v) is 7.35. The molecule has 3 aliphatic rings. The quantitative estimate of drug-likeness (QED) is 0.900. The molecule has 5 nitrogen and oxygen atoms in total. The molecule has 1 fully saturated rings. The molecule has 1 aliphatic carbocycles. The number of aryl methyl sites for hydroxylation is 2. The SMILES string of the molecule is CCOC1=C2CC3(CCC2OC)NC(=O)C(c2cc(C)ccc2C)=C3O1. The number of rotatable bonds is 4. The summed E-state index contributed by atoms with van der Waals surface area (Å²) in [5, 5.41) is 3.22. The number of hydrogen-bond acceptors (Lipinski definition) is 4. The van der Waals surface area contributed by atoms with Crippen LogP contribution < -0.4 is 5.32 Å². The van der Waals surface area contributed by atoms with Crippen LogP contribution in [0.25, 0.3) is 5.57 Å². The molecule has 138 valence electrons. The van der Waals surface area contributed by atoms with E-state index in [1.54, 1.807) is 7.11 Å². The molecule has 2 heterocycles. The summed E-state index contributed by atoms with van der Waals surface area (Å²) < 4.78 is 17.7. The van der Waals surface area contributed by atoms with E-state index < -0.39 is 5.54 Å². The fourth-order valence-electron chi connectivity index (χ4n) is 4.33. The predicted octanol–water partition coefficient (Wildman–Crippen LogP) is 3.36. The molecule has 2 atom stereocenters. The van der Waals surface area contributed by atoms with Gasteiger partial charge in [0, 0.05) is 19.1 Å². The van der Waals surface area contributed by atoms with Gasteiger partial charge in [0.25, 0.3) is 11.9 Å². The summed E-state index contributed by atoms with van der Waals surface area (Å²) in [6, 6.07) is 6.16.